The molecule has 3 rings (SSSR count). The SMILES string of the molecule is CCN(CC)S(=O)(=O)c1ccc(NC(=O)CN(c2ccc(C)cc2)S(=O)(=O)c2ccc(SC)cc2)cc1. The maximum absolute atomic E-state index is 13.5. The van der Waals surface area contributed by atoms with E-state index in [0.717, 1.165) is 14.8 Å². The predicted octanol–water partition coefficient (Wildman–Crippen LogP) is 4.58. The van der Waals surface area contributed by atoms with Crippen molar-refractivity contribution in [2.24, 2.45) is 0 Å². The van der Waals surface area contributed by atoms with Gasteiger partial charge in [-0.2, -0.15) is 4.31 Å². The molecule has 0 spiro atoms. The van der Waals surface area contributed by atoms with Crippen LogP contribution in [0.2, 0.25) is 0 Å². The number of benzene rings is 3. The lowest BCUT2D eigenvalue weighted by molar-refractivity contribution is -0.114. The Morgan fingerprint density at radius 1 is 0.784 bits per heavy atom. The van der Waals surface area contributed by atoms with Crippen molar-refractivity contribution in [1.29, 1.82) is 0 Å². The summed E-state index contributed by atoms with van der Waals surface area (Å²) in [5.74, 6) is -0.566. The minimum atomic E-state index is -4.04. The molecule has 0 saturated carbocycles. The molecule has 0 aliphatic rings. The molecule has 8 nitrogen and oxygen atoms in total. The Morgan fingerprint density at radius 2 is 1.30 bits per heavy atom. The molecule has 0 aliphatic carbocycles. The summed E-state index contributed by atoms with van der Waals surface area (Å²) in [5, 5.41) is 2.67. The molecule has 11 heteroatoms. The van der Waals surface area contributed by atoms with Gasteiger partial charge in [0.05, 0.1) is 15.5 Å². The van der Waals surface area contributed by atoms with E-state index in [1.165, 1.54) is 52.5 Å². The second-order valence-corrected chi connectivity index (χ2v) is 12.9. The molecule has 0 saturated heterocycles. The van der Waals surface area contributed by atoms with Crippen LogP contribution < -0.4 is 9.62 Å². The maximum atomic E-state index is 13.5. The molecule has 0 bridgehead atoms. The minimum absolute atomic E-state index is 0.0737. The number of carbonyl (C=O) groups excluding carboxylic acids is 1. The van der Waals surface area contributed by atoms with Gasteiger partial charge < -0.3 is 5.32 Å². The third-order valence-electron chi connectivity index (χ3n) is 5.74. The number of sulfonamides is 2. The zero-order chi connectivity index (χ0) is 27.2. The van der Waals surface area contributed by atoms with E-state index in [4.69, 9.17) is 0 Å². The van der Waals surface area contributed by atoms with Gasteiger partial charge in [0, 0.05) is 23.7 Å². The standard InChI is InChI=1S/C26H31N3O5S3/c1-5-28(6-2)36(31,32)24-15-9-21(10-16-24)27-26(30)19-29(22-11-7-20(3)8-12-22)37(33,34)25-17-13-23(35-4)14-18-25/h7-18H,5-6,19H2,1-4H3,(H,27,30). The van der Waals surface area contributed by atoms with E-state index in [-0.39, 0.29) is 9.79 Å². The lowest BCUT2D eigenvalue weighted by atomic mass is 10.2. The lowest BCUT2D eigenvalue weighted by Gasteiger charge is -2.24. The van der Waals surface area contributed by atoms with E-state index < -0.39 is 32.5 Å². The third kappa shape index (κ3) is 6.72. The van der Waals surface area contributed by atoms with Gasteiger partial charge in [0.2, 0.25) is 15.9 Å². The van der Waals surface area contributed by atoms with Gasteiger partial charge in [-0.05, 0) is 73.8 Å². The summed E-state index contributed by atoms with van der Waals surface area (Å²) in [6, 6.07) is 19.2. The molecule has 0 atom stereocenters. The Labute approximate surface area is 223 Å². The summed E-state index contributed by atoms with van der Waals surface area (Å²) >= 11 is 1.50. The van der Waals surface area contributed by atoms with E-state index in [2.05, 4.69) is 5.32 Å². The highest BCUT2D eigenvalue weighted by molar-refractivity contribution is 7.98. The molecule has 37 heavy (non-hydrogen) atoms. The molecule has 0 aliphatic heterocycles. The van der Waals surface area contributed by atoms with Crippen molar-refractivity contribution in [2.75, 3.05) is 35.5 Å². The fourth-order valence-corrected chi connectivity index (χ4v) is 6.94. The van der Waals surface area contributed by atoms with Crippen LogP contribution in [0.5, 0.6) is 0 Å². The van der Waals surface area contributed by atoms with Gasteiger partial charge in [0.25, 0.3) is 10.0 Å². The number of thioether (sulfide) groups is 1. The summed E-state index contributed by atoms with van der Waals surface area (Å²) < 4.78 is 54.9. The molecule has 0 radical (unpaired) electrons. The number of carbonyl (C=O) groups is 1. The Kier molecular flexibility index (Phi) is 9.41. The van der Waals surface area contributed by atoms with Crippen LogP contribution in [-0.4, -0.2) is 52.9 Å². The Hall–Kier alpha value is -2.86. The molecule has 0 heterocycles. The highest BCUT2D eigenvalue weighted by Gasteiger charge is 2.27. The number of hydrogen-bond donors (Lipinski definition) is 1. The fraction of sp³-hybridized carbons (Fsp3) is 0.269. The number of amides is 1. The average Bonchev–Trinajstić information content (AvgIpc) is 2.88. The van der Waals surface area contributed by atoms with E-state index in [1.807, 2.05) is 13.2 Å². The monoisotopic (exact) mass is 561 g/mol. The van der Waals surface area contributed by atoms with E-state index in [1.54, 1.807) is 50.2 Å². The normalized spacial score (nSPS) is 11.9. The van der Waals surface area contributed by atoms with Crippen molar-refractivity contribution in [3.05, 3.63) is 78.4 Å². The second kappa shape index (κ2) is 12.1. The second-order valence-electron chi connectivity index (χ2n) is 8.18. The van der Waals surface area contributed by atoms with Crippen LogP contribution in [0.15, 0.2) is 87.5 Å². The van der Waals surface area contributed by atoms with Gasteiger partial charge in [-0.25, -0.2) is 16.8 Å². The topological polar surface area (TPSA) is 104 Å². The maximum Gasteiger partial charge on any atom is 0.264 e. The first kappa shape index (κ1) is 28.7. The van der Waals surface area contributed by atoms with Gasteiger partial charge in [0.15, 0.2) is 0 Å². The first-order valence-electron chi connectivity index (χ1n) is 11.7. The highest BCUT2D eigenvalue weighted by atomic mass is 32.2. The van der Waals surface area contributed by atoms with Gasteiger partial charge in [-0.1, -0.05) is 31.5 Å². The first-order valence-corrected chi connectivity index (χ1v) is 15.8. The molecule has 1 amide bonds. The quantitative estimate of drug-likeness (QED) is 0.344. The van der Waals surface area contributed by atoms with Crippen molar-refractivity contribution >= 4 is 49.1 Å². The third-order valence-corrected chi connectivity index (χ3v) is 10.3. The number of aryl methyl sites for hydroxylation is 1. The molecule has 0 aromatic heterocycles. The van der Waals surface area contributed by atoms with E-state index in [0.29, 0.717) is 24.5 Å². The summed E-state index contributed by atoms with van der Waals surface area (Å²) in [4.78, 5) is 14.1. The smallest absolute Gasteiger partial charge is 0.264 e. The predicted molar refractivity (Wildman–Crippen MR) is 149 cm³/mol. The van der Waals surface area contributed by atoms with E-state index in [9.17, 15) is 21.6 Å². The molecule has 1 N–H and O–H groups in total. The van der Waals surface area contributed by atoms with Crippen molar-refractivity contribution in [2.45, 2.75) is 35.5 Å². The van der Waals surface area contributed by atoms with Crippen LogP contribution in [-0.2, 0) is 24.8 Å². The van der Waals surface area contributed by atoms with Crippen LogP contribution in [0.4, 0.5) is 11.4 Å². The number of rotatable bonds is 11. The highest BCUT2D eigenvalue weighted by Crippen LogP contribution is 2.26. The summed E-state index contributed by atoms with van der Waals surface area (Å²) in [6.45, 7) is 5.65. The Bertz CT molecular complexity index is 1420. The zero-order valence-electron chi connectivity index (χ0n) is 21.2. The largest absolute Gasteiger partial charge is 0.325 e. The molecular formula is C26H31N3O5S3. The lowest BCUT2D eigenvalue weighted by Crippen LogP contribution is -2.38. The molecule has 198 valence electrons. The van der Waals surface area contributed by atoms with Crippen molar-refractivity contribution < 1.29 is 21.6 Å². The van der Waals surface area contributed by atoms with Crippen LogP contribution in [0.3, 0.4) is 0 Å². The summed E-state index contributed by atoms with van der Waals surface area (Å²) in [6.07, 6.45) is 1.90. The van der Waals surface area contributed by atoms with Gasteiger partial charge in [-0.15, -0.1) is 11.8 Å². The van der Waals surface area contributed by atoms with Crippen LogP contribution in [0, 0.1) is 6.92 Å². The van der Waals surface area contributed by atoms with Crippen LogP contribution >= 0.6 is 11.8 Å². The van der Waals surface area contributed by atoms with Crippen molar-refractivity contribution in [3.8, 4) is 0 Å². The first-order chi connectivity index (χ1) is 17.5. The van der Waals surface area contributed by atoms with Crippen molar-refractivity contribution in [1.82, 2.24) is 4.31 Å². The van der Waals surface area contributed by atoms with Crippen LogP contribution in [0.1, 0.15) is 19.4 Å². The molecule has 3 aromatic carbocycles. The van der Waals surface area contributed by atoms with Gasteiger partial charge in [0.1, 0.15) is 6.54 Å². The summed E-state index contributed by atoms with van der Waals surface area (Å²) in [5.41, 5.74) is 1.67. The van der Waals surface area contributed by atoms with E-state index >= 15 is 0 Å². The number of hydrogen-bond acceptors (Lipinski definition) is 6. The zero-order valence-corrected chi connectivity index (χ0v) is 23.7. The molecule has 3 aromatic rings. The number of anilines is 2. The Morgan fingerprint density at radius 3 is 1.81 bits per heavy atom. The number of nitrogens with one attached hydrogen (secondary N) is 1. The van der Waals surface area contributed by atoms with Crippen molar-refractivity contribution in [3.63, 3.8) is 0 Å². The Balaban J connectivity index is 1.86. The number of nitrogens with zero attached hydrogens (tertiary/aromatic N) is 2. The van der Waals surface area contributed by atoms with Gasteiger partial charge >= 0.3 is 0 Å². The summed E-state index contributed by atoms with van der Waals surface area (Å²) in [7, 11) is -7.67. The van der Waals surface area contributed by atoms with Gasteiger partial charge in [-0.3, -0.25) is 9.10 Å². The minimum Gasteiger partial charge on any atom is -0.325 e. The molecule has 0 fully saturated rings. The fourth-order valence-electron chi connectivity index (χ4n) is 3.65. The average molecular weight is 562 g/mol. The van der Waals surface area contributed by atoms with Crippen LogP contribution in [0.25, 0.3) is 0 Å². The molecule has 0 unspecified atom stereocenters. The molecular weight excluding hydrogens is 531 g/mol.